The summed E-state index contributed by atoms with van der Waals surface area (Å²) < 4.78 is 1.02. The van der Waals surface area contributed by atoms with Crippen LogP contribution >= 0.6 is 27.3 Å². The summed E-state index contributed by atoms with van der Waals surface area (Å²) in [7, 11) is 0. The second-order valence-corrected chi connectivity index (χ2v) is 9.08. The maximum Gasteiger partial charge on any atom is 0.228 e. The normalized spacial score (nSPS) is 14.1. The molecule has 1 aliphatic heterocycles. The number of halogens is 1. The molecule has 0 saturated carbocycles. The van der Waals surface area contributed by atoms with Crippen molar-refractivity contribution in [1.29, 1.82) is 0 Å². The van der Waals surface area contributed by atoms with E-state index in [0.29, 0.717) is 19.5 Å². The third-order valence-corrected chi connectivity index (χ3v) is 6.66. The lowest BCUT2D eigenvalue weighted by molar-refractivity contribution is -0.130. The molecule has 0 unspecified atom stereocenters. The Labute approximate surface area is 188 Å². The highest BCUT2D eigenvalue weighted by molar-refractivity contribution is 9.10. The van der Waals surface area contributed by atoms with E-state index in [2.05, 4.69) is 25.8 Å². The molecule has 0 bridgehead atoms. The zero-order valence-corrected chi connectivity index (χ0v) is 19.1. The summed E-state index contributed by atoms with van der Waals surface area (Å²) in [6.07, 6.45) is 0.331. The highest BCUT2D eigenvalue weighted by Gasteiger charge is 2.22. The Kier molecular flexibility index (Phi) is 6.29. The zero-order chi connectivity index (χ0) is 21.1. The standard InChI is InChI=1S/C23H22BrN3O2S/c1-16(28)17-5-7-21(8-6-17)26-9-11-27(12-10-26)22(29)14-20-15-30-23(25-20)18-3-2-4-19(24)13-18/h2-8,13,15H,9-12,14H2,1H3. The summed E-state index contributed by atoms with van der Waals surface area (Å²) in [5.41, 5.74) is 3.68. The van der Waals surface area contributed by atoms with Crippen LogP contribution in [0, 0.1) is 0 Å². The fraction of sp³-hybridized carbons (Fsp3) is 0.261. The minimum atomic E-state index is 0.0714. The van der Waals surface area contributed by atoms with Gasteiger partial charge in [-0.15, -0.1) is 11.3 Å². The average molecular weight is 484 g/mol. The molecule has 3 aromatic rings. The second-order valence-electron chi connectivity index (χ2n) is 7.30. The first kappa shape index (κ1) is 20.8. The molecular formula is C23H22BrN3O2S. The summed E-state index contributed by atoms with van der Waals surface area (Å²) in [6, 6.07) is 15.7. The van der Waals surface area contributed by atoms with E-state index >= 15 is 0 Å². The first-order chi connectivity index (χ1) is 14.5. The van der Waals surface area contributed by atoms with Crippen LogP contribution in [0.15, 0.2) is 58.4 Å². The number of rotatable bonds is 5. The highest BCUT2D eigenvalue weighted by atomic mass is 79.9. The molecule has 2 heterocycles. The number of thiazole rings is 1. The van der Waals surface area contributed by atoms with E-state index in [1.54, 1.807) is 18.3 Å². The second kappa shape index (κ2) is 9.10. The number of piperazine rings is 1. The van der Waals surface area contributed by atoms with Gasteiger partial charge in [-0.1, -0.05) is 28.1 Å². The molecule has 1 amide bonds. The van der Waals surface area contributed by atoms with Gasteiger partial charge in [-0.3, -0.25) is 9.59 Å². The zero-order valence-electron chi connectivity index (χ0n) is 16.7. The number of ketones is 1. The first-order valence-electron chi connectivity index (χ1n) is 9.83. The van der Waals surface area contributed by atoms with Crippen molar-refractivity contribution in [3.8, 4) is 10.6 Å². The third kappa shape index (κ3) is 4.79. The van der Waals surface area contributed by atoms with Crippen LogP contribution < -0.4 is 4.90 Å². The summed E-state index contributed by atoms with van der Waals surface area (Å²) in [5.74, 6) is 0.190. The van der Waals surface area contributed by atoms with Gasteiger partial charge in [0.15, 0.2) is 5.78 Å². The fourth-order valence-electron chi connectivity index (χ4n) is 3.53. The lowest BCUT2D eigenvalue weighted by Gasteiger charge is -2.36. The van der Waals surface area contributed by atoms with E-state index in [1.165, 1.54) is 0 Å². The number of carbonyl (C=O) groups is 2. The smallest absolute Gasteiger partial charge is 0.228 e. The molecule has 5 nitrogen and oxygen atoms in total. The Hall–Kier alpha value is -2.51. The molecule has 0 aliphatic carbocycles. The number of anilines is 1. The third-order valence-electron chi connectivity index (χ3n) is 5.23. The molecule has 2 aromatic carbocycles. The Bertz CT molecular complexity index is 1060. The van der Waals surface area contributed by atoms with E-state index < -0.39 is 0 Å². The van der Waals surface area contributed by atoms with Gasteiger partial charge < -0.3 is 9.80 Å². The van der Waals surface area contributed by atoms with Gasteiger partial charge in [0.25, 0.3) is 0 Å². The molecule has 30 heavy (non-hydrogen) atoms. The number of amides is 1. The van der Waals surface area contributed by atoms with Gasteiger partial charge in [-0.25, -0.2) is 4.98 Å². The maximum atomic E-state index is 12.8. The largest absolute Gasteiger partial charge is 0.368 e. The molecule has 1 aliphatic rings. The van der Waals surface area contributed by atoms with Crippen molar-refractivity contribution in [2.24, 2.45) is 0 Å². The number of aromatic nitrogens is 1. The quantitative estimate of drug-likeness (QED) is 0.494. The van der Waals surface area contributed by atoms with Gasteiger partial charge in [0.2, 0.25) is 5.91 Å². The molecule has 0 radical (unpaired) electrons. The van der Waals surface area contributed by atoms with E-state index in [-0.39, 0.29) is 11.7 Å². The lowest BCUT2D eigenvalue weighted by Crippen LogP contribution is -2.49. The minimum Gasteiger partial charge on any atom is -0.368 e. The molecule has 0 spiro atoms. The Morgan fingerprint density at radius 2 is 1.80 bits per heavy atom. The van der Waals surface area contributed by atoms with Crippen LogP contribution in [0.4, 0.5) is 5.69 Å². The molecule has 154 valence electrons. The van der Waals surface area contributed by atoms with Gasteiger partial charge in [0, 0.05) is 52.8 Å². The van der Waals surface area contributed by atoms with Crippen molar-refractivity contribution in [2.75, 3.05) is 31.1 Å². The fourth-order valence-corrected chi connectivity index (χ4v) is 4.75. The number of carbonyl (C=O) groups excluding carboxylic acids is 2. The topological polar surface area (TPSA) is 53.5 Å². The molecular weight excluding hydrogens is 462 g/mol. The highest BCUT2D eigenvalue weighted by Crippen LogP contribution is 2.26. The predicted molar refractivity (Wildman–Crippen MR) is 124 cm³/mol. The molecule has 1 aromatic heterocycles. The number of nitrogens with zero attached hydrogens (tertiary/aromatic N) is 3. The predicted octanol–water partition coefficient (Wildman–Crippen LogP) is 4.67. The van der Waals surface area contributed by atoms with E-state index in [1.807, 2.05) is 58.8 Å². The van der Waals surface area contributed by atoms with Crippen molar-refractivity contribution in [3.63, 3.8) is 0 Å². The van der Waals surface area contributed by atoms with E-state index in [4.69, 9.17) is 0 Å². The lowest BCUT2D eigenvalue weighted by atomic mass is 10.1. The van der Waals surface area contributed by atoms with Crippen LogP contribution in [-0.2, 0) is 11.2 Å². The van der Waals surface area contributed by atoms with Gasteiger partial charge in [0.1, 0.15) is 5.01 Å². The van der Waals surface area contributed by atoms with Crippen molar-refractivity contribution in [1.82, 2.24) is 9.88 Å². The Morgan fingerprint density at radius 1 is 1.07 bits per heavy atom. The van der Waals surface area contributed by atoms with Crippen LogP contribution in [0.2, 0.25) is 0 Å². The van der Waals surface area contributed by atoms with Crippen LogP contribution in [-0.4, -0.2) is 47.8 Å². The monoisotopic (exact) mass is 483 g/mol. The van der Waals surface area contributed by atoms with Crippen molar-refractivity contribution < 1.29 is 9.59 Å². The summed E-state index contributed by atoms with van der Waals surface area (Å²) >= 11 is 5.05. The molecule has 7 heteroatoms. The number of hydrogen-bond acceptors (Lipinski definition) is 5. The van der Waals surface area contributed by atoms with E-state index in [9.17, 15) is 9.59 Å². The number of hydrogen-bond donors (Lipinski definition) is 0. The molecule has 1 fully saturated rings. The van der Waals surface area contributed by atoms with E-state index in [0.717, 1.165) is 45.1 Å². The van der Waals surface area contributed by atoms with Gasteiger partial charge in [-0.2, -0.15) is 0 Å². The molecule has 4 rings (SSSR count). The summed E-state index contributed by atoms with van der Waals surface area (Å²) in [5, 5.41) is 2.90. The number of Topliss-reactive ketones (excluding diaryl/α,β-unsaturated/α-hetero) is 1. The molecule has 1 saturated heterocycles. The minimum absolute atomic E-state index is 0.0714. The van der Waals surface area contributed by atoms with Crippen molar-refractivity contribution >= 4 is 44.6 Å². The van der Waals surface area contributed by atoms with Crippen LogP contribution in [0.5, 0.6) is 0 Å². The number of benzene rings is 2. The SMILES string of the molecule is CC(=O)c1ccc(N2CCN(C(=O)Cc3csc(-c4cccc(Br)c4)n3)CC2)cc1. The van der Waals surface area contributed by atoms with Crippen LogP contribution in [0.1, 0.15) is 23.0 Å². The van der Waals surface area contributed by atoms with Gasteiger partial charge in [0.05, 0.1) is 12.1 Å². The maximum absolute atomic E-state index is 12.8. The summed E-state index contributed by atoms with van der Waals surface area (Å²) in [4.78, 5) is 33.0. The van der Waals surface area contributed by atoms with Crippen molar-refractivity contribution in [3.05, 3.63) is 69.6 Å². The van der Waals surface area contributed by atoms with Crippen molar-refractivity contribution in [2.45, 2.75) is 13.3 Å². The Balaban J connectivity index is 1.33. The molecule has 0 N–H and O–H groups in total. The first-order valence-corrected chi connectivity index (χ1v) is 11.5. The summed E-state index contributed by atoms with van der Waals surface area (Å²) in [6.45, 7) is 4.52. The van der Waals surface area contributed by atoms with Crippen LogP contribution in [0.25, 0.3) is 10.6 Å². The van der Waals surface area contributed by atoms with Gasteiger partial charge in [-0.05, 0) is 43.3 Å². The Morgan fingerprint density at radius 3 is 2.47 bits per heavy atom. The van der Waals surface area contributed by atoms with Crippen LogP contribution in [0.3, 0.4) is 0 Å². The van der Waals surface area contributed by atoms with Gasteiger partial charge >= 0.3 is 0 Å². The average Bonchev–Trinajstić information content (AvgIpc) is 3.22. The molecule has 0 atom stereocenters.